The number of aromatic nitrogens is 2. The zero-order valence-electron chi connectivity index (χ0n) is 14.7. The molecule has 0 saturated carbocycles. The molecule has 0 atom stereocenters. The molecule has 2 N–H and O–H groups in total. The number of hydrogen-bond donors (Lipinski definition) is 2. The minimum atomic E-state index is 0.406. The minimum absolute atomic E-state index is 0.406. The maximum atomic E-state index is 5.27. The van der Waals surface area contributed by atoms with Gasteiger partial charge in [0.15, 0.2) is 10.2 Å². The topological polar surface area (TPSA) is 63.5 Å². The number of nitrogens with zero attached hydrogens (tertiary/aromatic N) is 3. The van der Waals surface area contributed by atoms with Gasteiger partial charge in [0.2, 0.25) is 0 Å². The van der Waals surface area contributed by atoms with Gasteiger partial charge in [-0.05, 0) is 44.3 Å². The van der Waals surface area contributed by atoms with E-state index < -0.39 is 0 Å². The lowest BCUT2D eigenvalue weighted by molar-refractivity contribution is 0.415. The van der Waals surface area contributed by atoms with Crippen molar-refractivity contribution in [3.63, 3.8) is 0 Å². The zero-order chi connectivity index (χ0) is 18.5. The molecule has 134 valence electrons. The molecule has 8 heteroatoms. The number of ether oxygens (including phenoxy) is 1. The summed E-state index contributed by atoms with van der Waals surface area (Å²) in [5.41, 5.74) is 6.86. The average Bonchev–Trinajstić information content (AvgIpc) is 3.23. The number of nitrogens with one attached hydrogen (secondary N) is 2. The standard InChI is InChI=1S/C18H19N5OS2/c1-12-9-14(13(2)23(12)18-19-7-8-26-18)11-20-22-17(25)21-15-5-4-6-16(10-15)24-3/h4-11H,1-3H3,(H2,21,22,25)/b20-11-. The van der Waals surface area contributed by atoms with Gasteiger partial charge in [-0.25, -0.2) is 4.98 Å². The average molecular weight is 386 g/mol. The van der Waals surface area contributed by atoms with Crippen molar-refractivity contribution in [3.05, 3.63) is 58.9 Å². The third-order valence-corrected chi connectivity index (χ3v) is 4.73. The molecule has 0 aliphatic rings. The molecule has 0 fully saturated rings. The maximum Gasteiger partial charge on any atom is 0.193 e. The first kappa shape index (κ1) is 18.1. The summed E-state index contributed by atoms with van der Waals surface area (Å²) in [7, 11) is 1.63. The van der Waals surface area contributed by atoms with E-state index in [1.165, 1.54) is 0 Å². The molecular weight excluding hydrogens is 366 g/mol. The second-order valence-electron chi connectivity index (χ2n) is 5.53. The van der Waals surface area contributed by atoms with Crippen molar-refractivity contribution in [1.82, 2.24) is 15.0 Å². The fourth-order valence-corrected chi connectivity index (χ4v) is 3.48. The number of rotatable bonds is 5. The van der Waals surface area contributed by atoms with E-state index in [0.717, 1.165) is 33.5 Å². The van der Waals surface area contributed by atoms with Crippen LogP contribution in [0.2, 0.25) is 0 Å². The van der Waals surface area contributed by atoms with E-state index in [4.69, 9.17) is 17.0 Å². The number of hydrogen-bond acceptors (Lipinski definition) is 5. The van der Waals surface area contributed by atoms with Gasteiger partial charge >= 0.3 is 0 Å². The van der Waals surface area contributed by atoms with Gasteiger partial charge in [0.1, 0.15) is 5.75 Å². The summed E-state index contributed by atoms with van der Waals surface area (Å²) in [5, 5.41) is 10.6. The van der Waals surface area contributed by atoms with E-state index in [-0.39, 0.29) is 0 Å². The van der Waals surface area contributed by atoms with Gasteiger partial charge in [-0.1, -0.05) is 6.07 Å². The first-order valence-corrected chi connectivity index (χ1v) is 9.20. The molecule has 26 heavy (non-hydrogen) atoms. The molecule has 2 aromatic heterocycles. The highest BCUT2D eigenvalue weighted by Crippen LogP contribution is 2.21. The fourth-order valence-electron chi connectivity index (χ4n) is 2.56. The quantitative estimate of drug-likeness (QED) is 0.396. The van der Waals surface area contributed by atoms with E-state index in [2.05, 4.69) is 31.5 Å². The van der Waals surface area contributed by atoms with Gasteiger partial charge in [-0.2, -0.15) is 5.10 Å². The van der Waals surface area contributed by atoms with E-state index in [1.54, 1.807) is 30.9 Å². The van der Waals surface area contributed by atoms with E-state index in [0.29, 0.717) is 5.11 Å². The lowest BCUT2D eigenvalue weighted by Gasteiger charge is -2.08. The Morgan fingerprint density at radius 3 is 2.92 bits per heavy atom. The first-order chi connectivity index (χ1) is 12.6. The van der Waals surface area contributed by atoms with Crippen molar-refractivity contribution < 1.29 is 4.74 Å². The van der Waals surface area contributed by atoms with E-state index >= 15 is 0 Å². The van der Waals surface area contributed by atoms with E-state index in [9.17, 15) is 0 Å². The third-order valence-electron chi connectivity index (χ3n) is 3.78. The van der Waals surface area contributed by atoms with Crippen molar-refractivity contribution >= 4 is 40.6 Å². The lowest BCUT2D eigenvalue weighted by Crippen LogP contribution is -2.23. The van der Waals surface area contributed by atoms with Crippen LogP contribution in [0.5, 0.6) is 5.75 Å². The summed E-state index contributed by atoms with van der Waals surface area (Å²) in [6.07, 6.45) is 3.56. The van der Waals surface area contributed by atoms with Crippen LogP contribution in [0, 0.1) is 13.8 Å². The normalized spacial score (nSPS) is 10.9. The summed E-state index contributed by atoms with van der Waals surface area (Å²) in [6.45, 7) is 4.09. The molecule has 0 amide bonds. The molecular formula is C18H19N5OS2. The van der Waals surface area contributed by atoms with Crippen LogP contribution in [0.1, 0.15) is 17.0 Å². The molecule has 1 aromatic carbocycles. The Morgan fingerprint density at radius 1 is 1.35 bits per heavy atom. The van der Waals surface area contributed by atoms with Crippen LogP contribution in [0.15, 0.2) is 47.0 Å². The molecule has 3 rings (SSSR count). The second-order valence-corrected chi connectivity index (χ2v) is 6.81. The van der Waals surface area contributed by atoms with Crippen molar-refractivity contribution in [2.45, 2.75) is 13.8 Å². The maximum absolute atomic E-state index is 5.27. The predicted octanol–water partition coefficient (Wildman–Crippen LogP) is 3.88. The molecule has 0 bridgehead atoms. The summed E-state index contributed by atoms with van der Waals surface area (Å²) in [4.78, 5) is 4.37. The van der Waals surface area contributed by atoms with Crippen LogP contribution >= 0.6 is 23.6 Å². The van der Waals surface area contributed by atoms with Gasteiger partial charge in [0.05, 0.1) is 13.3 Å². The third kappa shape index (κ3) is 4.09. The Balaban J connectivity index is 1.65. The number of thiocarbonyl (C=S) groups is 1. The van der Waals surface area contributed by atoms with Crippen molar-refractivity contribution in [3.8, 4) is 10.9 Å². The van der Waals surface area contributed by atoms with Gasteiger partial charge in [0.25, 0.3) is 0 Å². The van der Waals surface area contributed by atoms with Crippen LogP contribution in [0.25, 0.3) is 5.13 Å². The molecule has 3 aromatic rings. The van der Waals surface area contributed by atoms with Crippen LogP contribution in [-0.4, -0.2) is 28.0 Å². The van der Waals surface area contributed by atoms with Crippen LogP contribution in [0.3, 0.4) is 0 Å². The monoisotopic (exact) mass is 385 g/mol. The molecule has 0 aliphatic carbocycles. The van der Waals surface area contributed by atoms with Gasteiger partial charge < -0.3 is 10.1 Å². The molecule has 0 radical (unpaired) electrons. The molecule has 0 saturated heterocycles. The zero-order valence-corrected chi connectivity index (χ0v) is 16.3. The van der Waals surface area contributed by atoms with Crippen molar-refractivity contribution in [2.24, 2.45) is 5.10 Å². The molecule has 6 nitrogen and oxygen atoms in total. The van der Waals surface area contributed by atoms with E-state index in [1.807, 2.05) is 43.5 Å². The first-order valence-electron chi connectivity index (χ1n) is 7.91. The van der Waals surface area contributed by atoms with Gasteiger partial charge in [-0.3, -0.25) is 9.99 Å². The number of methoxy groups -OCH3 is 1. The summed E-state index contributed by atoms with van der Waals surface area (Å²) in [5.74, 6) is 0.760. The predicted molar refractivity (Wildman–Crippen MR) is 111 cm³/mol. The highest BCUT2D eigenvalue weighted by atomic mass is 32.1. The molecule has 0 aliphatic heterocycles. The number of aryl methyl sites for hydroxylation is 1. The van der Waals surface area contributed by atoms with Crippen LogP contribution < -0.4 is 15.5 Å². The Bertz CT molecular complexity index is 931. The van der Waals surface area contributed by atoms with Crippen molar-refractivity contribution in [2.75, 3.05) is 12.4 Å². The smallest absolute Gasteiger partial charge is 0.193 e. The summed E-state index contributed by atoms with van der Waals surface area (Å²) >= 11 is 6.87. The molecule has 0 spiro atoms. The van der Waals surface area contributed by atoms with Crippen molar-refractivity contribution in [1.29, 1.82) is 0 Å². The van der Waals surface area contributed by atoms with Crippen LogP contribution in [-0.2, 0) is 0 Å². The highest BCUT2D eigenvalue weighted by molar-refractivity contribution is 7.80. The molecule has 2 heterocycles. The summed E-state index contributed by atoms with van der Waals surface area (Å²) in [6, 6.07) is 9.60. The Morgan fingerprint density at radius 2 is 2.19 bits per heavy atom. The second kappa shape index (κ2) is 8.11. The van der Waals surface area contributed by atoms with Gasteiger partial charge in [-0.15, -0.1) is 11.3 Å². The number of thiazole rings is 1. The SMILES string of the molecule is COc1cccc(NC(=S)N/N=C\c2cc(C)n(-c3nccs3)c2C)c1. The highest BCUT2D eigenvalue weighted by Gasteiger charge is 2.10. The minimum Gasteiger partial charge on any atom is -0.497 e. The van der Waals surface area contributed by atoms with Gasteiger partial charge in [0, 0.05) is 40.3 Å². The Kier molecular flexibility index (Phi) is 5.65. The largest absolute Gasteiger partial charge is 0.497 e. The number of hydrazone groups is 1. The Labute approximate surface area is 161 Å². The summed E-state index contributed by atoms with van der Waals surface area (Å²) < 4.78 is 7.30. The molecule has 0 unspecified atom stereocenters. The fraction of sp³-hybridized carbons (Fsp3) is 0.167. The Hall–Kier alpha value is -2.71. The lowest BCUT2D eigenvalue weighted by atomic mass is 10.3. The van der Waals surface area contributed by atoms with Crippen LogP contribution in [0.4, 0.5) is 5.69 Å². The number of anilines is 1. The number of benzene rings is 1.